The molecule has 1 N–H and O–H groups in total. The smallest absolute Gasteiger partial charge is 0.119 e. The van der Waals surface area contributed by atoms with Crippen LogP contribution in [0.4, 0.5) is 0 Å². The monoisotopic (exact) mass is 268 g/mol. The van der Waals surface area contributed by atoms with Crippen LogP contribution in [-0.4, -0.2) is 38.6 Å². The first-order valence-electron chi connectivity index (χ1n) is 6.75. The third-order valence-electron chi connectivity index (χ3n) is 2.79. The van der Waals surface area contributed by atoms with E-state index in [1.54, 1.807) is 7.11 Å². The maximum Gasteiger partial charge on any atom is 0.119 e. The maximum absolute atomic E-state index is 9.67. The molecule has 0 heterocycles. The Morgan fingerprint density at radius 3 is 2.42 bits per heavy atom. The van der Waals surface area contributed by atoms with E-state index in [0.717, 1.165) is 30.8 Å². The molecule has 0 unspecified atom stereocenters. The highest BCUT2D eigenvalue weighted by atomic mass is 16.5. The van der Waals surface area contributed by atoms with Crippen molar-refractivity contribution in [1.82, 2.24) is 0 Å². The number of aliphatic hydroxyl groups excluding tert-OH is 1. The van der Waals surface area contributed by atoms with Gasteiger partial charge >= 0.3 is 0 Å². The van der Waals surface area contributed by atoms with Gasteiger partial charge in [0.15, 0.2) is 0 Å². The molecule has 1 atom stereocenters. The Kier molecular flexibility index (Phi) is 8.21. The predicted molar refractivity (Wildman–Crippen MR) is 74.5 cm³/mol. The summed E-state index contributed by atoms with van der Waals surface area (Å²) in [5.74, 6) is 0.799. The Labute approximate surface area is 115 Å². The molecule has 0 saturated carbocycles. The van der Waals surface area contributed by atoms with Gasteiger partial charge < -0.3 is 19.3 Å². The number of rotatable bonds is 10. The summed E-state index contributed by atoms with van der Waals surface area (Å²) in [6.45, 7) is 4.47. The highest BCUT2D eigenvalue weighted by Crippen LogP contribution is 2.19. The van der Waals surface area contributed by atoms with Crippen molar-refractivity contribution in [2.24, 2.45) is 0 Å². The second-order valence-electron chi connectivity index (χ2n) is 4.30. The van der Waals surface area contributed by atoms with E-state index in [1.807, 2.05) is 31.2 Å². The molecule has 0 fully saturated rings. The van der Waals surface area contributed by atoms with E-state index < -0.39 is 6.10 Å². The van der Waals surface area contributed by atoms with Crippen LogP contribution in [0.15, 0.2) is 24.3 Å². The lowest BCUT2D eigenvalue weighted by molar-refractivity contribution is 0.0806. The van der Waals surface area contributed by atoms with Crippen LogP contribution in [-0.2, 0) is 9.47 Å². The van der Waals surface area contributed by atoms with Crippen molar-refractivity contribution in [2.75, 3.05) is 33.5 Å². The molecule has 0 aliphatic carbocycles. The van der Waals surface area contributed by atoms with Crippen LogP contribution in [0.5, 0.6) is 5.75 Å². The minimum atomic E-state index is -0.391. The zero-order valence-corrected chi connectivity index (χ0v) is 11.8. The van der Waals surface area contributed by atoms with Crippen LogP contribution in [0.2, 0.25) is 0 Å². The Morgan fingerprint density at radius 2 is 1.79 bits per heavy atom. The van der Waals surface area contributed by atoms with Crippen molar-refractivity contribution in [2.45, 2.75) is 25.9 Å². The predicted octanol–water partition coefficient (Wildman–Crippen LogP) is 2.56. The van der Waals surface area contributed by atoms with Crippen LogP contribution >= 0.6 is 0 Å². The van der Waals surface area contributed by atoms with Crippen molar-refractivity contribution in [1.29, 1.82) is 0 Å². The zero-order chi connectivity index (χ0) is 13.9. The third-order valence-corrected chi connectivity index (χ3v) is 2.79. The fourth-order valence-electron chi connectivity index (χ4n) is 1.65. The van der Waals surface area contributed by atoms with Gasteiger partial charge in [0.1, 0.15) is 12.4 Å². The highest BCUT2D eigenvalue weighted by Gasteiger charge is 2.04. The number of ether oxygens (including phenoxy) is 3. The summed E-state index contributed by atoms with van der Waals surface area (Å²) in [7, 11) is 1.68. The Morgan fingerprint density at radius 1 is 1.05 bits per heavy atom. The normalized spacial score (nSPS) is 12.4. The summed E-state index contributed by atoms with van der Waals surface area (Å²) in [5, 5.41) is 9.67. The van der Waals surface area contributed by atoms with Gasteiger partial charge in [-0.25, -0.2) is 0 Å². The summed E-state index contributed by atoms with van der Waals surface area (Å²) < 4.78 is 15.9. The van der Waals surface area contributed by atoms with Crippen molar-refractivity contribution >= 4 is 0 Å². The van der Waals surface area contributed by atoms with Crippen molar-refractivity contribution in [3.05, 3.63) is 29.8 Å². The van der Waals surface area contributed by atoms with Gasteiger partial charge in [-0.15, -0.1) is 0 Å². The largest absolute Gasteiger partial charge is 0.491 e. The molecule has 1 aromatic rings. The average Bonchev–Trinajstić information content (AvgIpc) is 2.46. The van der Waals surface area contributed by atoms with Gasteiger partial charge in [-0.3, -0.25) is 0 Å². The second kappa shape index (κ2) is 9.78. The van der Waals surface area contributed by atoms with Gasteiger partial charge in [-0.05, 0) is 30.5 Å². The van der Waals surface area contributed by atoms with Crippen LogP contribution < -0.4 is 4.74 Å². The standard InChI is InChI=1S/C15H24O4/c1-3-15(16)13-5-7-14(8-6-13)19-12-11-18-10-4-9-17-2/h5-8,15-16H,3-4,9-12H2,1-2H3/t15-/m1/s1. The molecule has 1 aromatic carbocycles. The zero-order valence-electron chi connectivity index (χ0n) is 11.8. The molecule has 0 aromatic heterocycles. The minimum absolute atomic E-state index is 0.391. The molecule has 0 amide bonds. The summed E-state index contributed by atoms with van der Waals surface area (Å²) in [4.78, 5) is 0. The van der Waals surface area contributed by atoms with E-state index in [-0.39, 0.29) is 0 Å². The molecular formula is C15H24O4. The number of methoxy groups -OCH3 is 1. The van der Waals surface area contributed by atoms with Crippen LogP contribution in [0.3, 0.4) is 0 Å². The van der Waals surface area contributed by atoms with Crippen molar-refractivity contribution in [3.8, 4) is 5.75 Å². The van der Waals surface area contributed by atoms with E-state index in [4.69, 9.17) is 14.2 Å². The van der Waals surface area contributed by atoms with E-state index in [0.29, 0.717) is 19.8 Å². The fourth-order valence-corrected chi connectivity index (χ4v) is 1.65. The molecule has 0 aliphatic heterocycles. The molecule has 0 radical (unpaired) electrons. The first-order valence-corrected chi connectivity index (χ1v) is 6.75. The van der Waals surface area contributed by atoms with E-state index in [2.05, 4.69) is 0 Å². The van der Waals surface area contributed by atoms with Gasteiger partial charge in [0.25, 0.3) is 0 Å². The minimum Gasteiger partial charge on any atom is -0.491 e. The summed E-state index contributed by atoms with van der Waals surface area (Å²) >= 11 is 0. The molecule has 0 saturated heterocycles. The summed E-state index contributed by atoms with van der Waals surface area (Å²) in [5.41, 5.74) is 0.922. The Hall–Kier alpha value is -1.10. The average molecular weight is 268 g/mol. The van der Waals surface area contributed by atoms with E-state index in [9.17, 15) is 5.11 Å². The number of hydrogen-bond acceptors (Lipinski definition) is 4. The Balaban J connectivity index is 2.16. The molecule has 4 heteroatoms. The van der Waals surface area contributed by atoms with Crippen molar-refractivity contribution < 1.29 is 19.3 Å². The number of aliphatic hydroxyl groups is 1. The number of benzene rings is 1. The lowest BCUT2D eigenvalue weighted by Gasteiger charge is -2.10. The maximum atomic E-state index is 9.67. The molecular weight excluding hydrogens is 244 g/mol. The lowest BCUT2D eigenvalue weighted by atomic mass is 10.1. The first-order chi connectivity index (χ1) is 9.27. The Bertz CT molecular complexity index is 323. The van der Waals surface area contributed by atoms with E-state index in [1.165, 1.54) is 0 Å². The van der Waals surface area contributed by atoms with Gasteiger partial charge in [-0.2, -0.15) is 0 Å². The molecule has 0 spiro atoms. The van der Waals surface area contributed by atoms with Gasteiger partial charge in [0, 0.05) is 20.3 Å². The van der Waals surface area contributed by atoms with Crippen LogP contribution in [0.1, 0.15) is 31.4 Å². The topological polar surface area (TPSA) is 47.9 Å². The molecule has 0 aliphatic rings. The van der Waals surface area contributed by atoms with Crippen molar-refractivity contribution in [3.63, 3.8) is 0 Å². The first kappa shape index (κ1) is 16.0. The highest BCUT2D eigenvalue weighted by molar-refractivity contribution is 5.28. The third kappa shape index (κ3) is 6.57. The van der Waals surface area contributed by atoms with Gasteiger partial charge in [0.2, 0.25) is 0 Å². The number of hydrogen-bond donors (Lipinski definition) is 1. The van der Waals surface area contributed by atoms with Crippen LogP contribution in [0, 0.1) is 0 Å². The molecule has 19 heavy (non-hydrogen) atoms. The summed E-state index contributed by atoms with van der Waals surface area (Å²) in [6.07, 6.45) is 1.23. The van der Waals surface area contributed by atoms with Gasteiger partial charge in [-0.1, -0.05) is 19.1 Å². The van der Waals surface area contributed by atoms with E-state index >= 15 is 0 Å². The summed E-state index contributed by atoms with van der Waals surface area (Å²) in [6, 6.07) is 7.53. The molecule has 1 rings (SSSR count). The lowest BCUT2D eigenvalue weighted by Crippen LogP contribution is -2.08. The van der Waals surface area contributed by atoms with Gasteiger partial charge in [0.05, 0.1) is 12.7 Å². The quantitative estimate of drug-likeness (QED) is 0.663. The molecule has 4 nitrogen and oxygen atoms in total. The fraction of sp³-hybridized carbons (Fsp3) is 0.600. The second-order valence-corrected chi connectivity index (χ2v) is 4.30. The SMILES string of the molecule is CC[C@@H](O)c1ccc(OCCOCCCOC)cc1. The van der Waals surface area contributed by atoms with Crippen LogP contribution in [0.25, 0.3) is 0 Å². The molecule has 108 valence electrons. The molecule has 0 bridgehead atoms.